The van der Waals surface area contributed by atoms with Crippen LogP contribution >= 0.6 is 0 Å². The van der Waals surface area contributed by atoms with Gasteiger partial charge in [-0.25, -0.2) is 0 Å². The quantitative estimate of drug-likeness (QED) is 0.937. The van der Waals surface area contributed by atoms with E-state index in [0.29, 0.717) is 12.3 Å². The second-order valence-electron chi connectivity index (χ2n) is 5.17. The molecule has 0 spiro atoms. The Hall–Kier alpha value is -2.14. The average molecular weight is 285 g/mol. The number of amides is 1. The van der Waals surface area contributed by atoms with Gasteiger partial charge in [0.15, 0.2) is 0 Å². The van der Waals surface area contributed by atoms with Crippen LogP contribution in [0.25, 0.3) is 0 Å². The maximum atomic E-state index is 12.7. The van der Waals surface area contributed by atoms with E-state index in [9.17, 15) is 4.79 Å². The van der Waals surface area contributed by atoms with Crippen molar-refractivity contribution in [1.82, 2.24) is 15.4 Å². The van der Waals surface area contributed by atoms with Crippen molar-refractivity contribution in [1.29, 1.82) is 0 Å². The molecular formula is C16H19N3O2. The Labute approximate surface area is 123 Å². The van der Waals surface area contributed by atoms with Crippen LogP contribution in [0.4, 0.5) is 0 Å². The number of benzene rings is 1. The molecule has 1 amide bonds. The molecule has 1 aliphatic heterocycles. The molecule has 1 atom stereocenters. The minimum Gasteiger partial charge on any atom is -0.351 e. The first-order valence-electron chi connectivity index (χ1n) is 7.32. The predicted octanol–water partition coefficient (Wildman–Crippen LogP) is 2.02. The Morgan fingerprint density at radius 2 is 2.24 bits per heavy atom. The van der Waals surface area contributed by atoms with Gasteiger partial charge >= 0.3 is 0 Å². The highest BCUT2D eigenvalue weighted by Crippen LogP contribution is 2.24. The molecule has 5 heteroatoms. The minimum atomic E-state index is -0.0856. The fraction of sp³-hybridized carbons (Fsp3) is 0.375. The molecular weight excluding hydrogens is 266 g/mol. The van der Waals surface area contributed by atoms with Crippen molar-refractivity contribution in [2.45, 2.75) is 19.4 Å². The molecule has 21 heavy (non-hydrogen) atoms. The van der Waals surface area contributed by atoms with Gasteiger partial charge in [-0.2, -0.15) is 0 Å². The number of piperazine rings is 1. The largest absolute Gasteiger partial charge is 0.351 e. The van der Waals surface area contributed by atoms with E-state index < -0.39 is 0 Å². The Kier molecular flexibility index (Phi) is 4.01. The molecule has 1 unspecified atom stereocenters. The third-order valence-corrected chi connectivity index (χ3v) is 3.82. The van der Waals surface area contributed by atoms with Crippen molar-refractivity contribution in [3.63, 3.8) is 0 Å². The Balaban J connectivity index is 1.85. The van der Waals surface area contributed by atoms with Crippen LogP contribution < -0.4 is 5.32 Å². The summed E-state index contributed by atoms with van der Waals surface area (Å²) in [5.41, 5.74) is 1.94. The van der Waals surface area contributed by atoms with Crippen LogP contribution in [-0.4, -0.2) is 35.6 Å². The van der Waals surface area contributed by atoms with Crippen LogP contribution in [-0.2, 0) is 6.42 Å². The van der Waals surface area contributed by atoms with Gasteiger partial charge in [0, 0.05) is 25.7 Å². The second-order valence-corrected chi connectivity index (χ2v) is 5.17. The molecule has 1 aromatic carbocycles. The molecule has 1 aliphatic rings. The zero-order valence-electron chi connectivity index (χ0n) is 12.1. The van der Waals surface area contributed by atoms with E-state index in [1.807, 2.05) is 30.0 Å². The van der Waals surface area contributed by atoms with Gasteiger partial charge in [0.1, 0.15) is 0 Å². The van der Waals surface area contributed by atoms with Crippen molar-refractivity contribution in [2.24, 2.45) is 0 Å². The van der Waals surface area contributed by atoms with Gasteiger partial charge in [-0.1, -0.05) is 42.4 Å². The van der Waals surface area contributed by atoms with Gasteiger partial charge < -0.3 is 14.7 Å². The molecule has 0 aliphatic carbocycles. The van der Waals surface area contributed by atoms with Crippen molar-refractivity contribution in [3.05, 3.63) is 53.4 Å². The number of rotatable bonds is 3. The number of aromatic nitrogens is 1. The molecule has 2 heterocycles. The summed E-state index contributed by atoms with van der Waals surface area (Å²) in [6.45, 7) is 4.21. The van der Waals surface area contributed by atoms with E-state index in [4.69, 9.17) is 4.52 Å². The highest BCUT2D eigenvalue weighted by Gasteiger charge is 2.30. The van der Waals surface area contributed by atoms with Crippen LogP contribution in [0.5, 0.6) is 0 Å². The molecule has 1 aromatic heterocycles. The van der Waals surface area contributed by atoms with Gasteiger partial charge in [-0.05, 0) is 12.0 Å². The molecule has 0 radical (unpaired) electrons. The van der Waals surface area contributed by atoms with Gasteiger partial charge in [0.05, 0.1) is 11.7 Å². The maximum absolute atomic E-state index is 12.7. The maximum Gasteiger partial charge on any atom is 0.293 e. The summed E-state index contributed by atoms with van der Waals surface area (Å²) in [4.78, 5) is 14.5. The number of carbonyl (C=O) groups is 1. The zero-order chi connectivity index (χ0) is 14.7. The van der Waals surface area contributed by atoms with Gasteiger partial charge in [0.2, 0.25) is 5.76 Å². The topological polar surface area (TPSA) is 58.4 Å². The Morgan fingerprint density at radius 3 is 2.95 bits per heavy atom. The van der Waals surface area contributed by atoms with E-state index in [-0.39, 0.29) is 11.9 Å². The SMILES string of the molecule is CCc1cc(C(=O)N2CCNCC2c2ccccc2)on1. The third kappa shape index (κ3) is 2.83. The Morgan fingerprint density at radius 1 is 1.43 bits per heavy atom. The van der Waals surface area contributed by atoms with E-state index >= 15 is 0 Å². The third-order valence-electron chi connectivity index (χ3n) is 3.82. The van der Waals surface area contributed by atoms with E-state index in [0.717, 1.165) is 30.8 Å². The first-order valence-corrected chi connectivity index (χ1v) is 7.32. The highest BCUT2D eigenvalue weighted by atomic mass is 16.5. The fourth-order valence-electron chi connectivity index (χ4n) is 2.64. The van der Waals surface area contributed by atoms with Crippen LogP contribution in [0.1, 0.15) is 34.8 Å². The Bertz CT molecular complexity index is 609. The lowest BCUT2D eigenvalue weighted by Crippen LogP contribution is -2.48. The summed E-state index contributed by atoms with van der Waals surface area (Å²) in [5.74, 6) is 0.243. The van der Waals surface area contributed by atoms with Crippen LogP contribution in [0, 0.1) is 0 Å². The van der Waals surface area contributed by atoms with E-state index in [1.165, 1.54) is 0 Å². The van der Waals surface area contributed by atoms with Gasteiger partial charge in [-0.15, -0.1) is 0 Å². The molecule has 3 rings (SSSR count). The van der Waals surface area contributed by atoms with Crippen LogP contribution in [0.3, 0.4) is 0 Å². The van der Waals surface area contributed by atoms with E-state index in [2.05, 4.69) is 22.6 Å². The van der Waals surface area contributed by atoms with Crippen molar-refractivity contribution in [2.75, 3.05) is 19.6 Å². The minimum absolute atomic E-state index is 0.0302. The molecule has 5 nitrogen and oxygen atoms in total. The van der Waals surface area contributed by atoms with Gasteiger partial charge in [0.25, 0.3) is 5.91 Å². The predicted molar refractivity (Wildman–Crippen MR) is 79.0 cm³/mol. The summed E-state index contributed by atoms with van der Waals surface area (Å²) in [7, 11) is 0. The molecule has 1 fully saturated rings. The zero-order valence-corrected chi connectivity index (χ0v) is 12.1. The monoisotopic (exact) mass is 285 g/mol. The molecule has 0 bridgehead atoms. The molecule has 1 saturated heterocycles. The lowest BCUT2D eigenvalue weighted by atomic mass is 10.0. The first kappa shape index (κ1) is 13.8. The summed E-state index contributed by atoms with van der Waals surface area (Å²) in [6, 6.07) is 11.9. The van der Waals surface area contributed by atoms with Crippen molar-refractivity contribution >= 4 is 5.91 Å². The normalized spacial score (nSPS) is 18.7. The number of carbonyl (C=O) groups excluding carboxylic acids is 1. The standard InChI is InChI=1S/C16H19N3O2/c1-2-13-10-15(21-18-13)16(20)19-9-8-17-11-14(19)12-6-4-3-5-7-12/h3-7,10,14,17H,2,8-9,11H2,1H3. The van der Waals surface area contributed by atoms with E-state index in [1.54, 1.807) is 6.07 Å². The second kappa shape index (κ2) is 6.10. The molecule has 110 valence electrons. The highest BCUT2D eigenvalue weighted by molar-refractivity contribution is 5.91. The molecule has 2 aromatic rings. The van der Waals surface area contributed by atoms with Crippen LogP contribution in [0.15, 0.2) is 40.9 Å². The van der Waals surface area contributed by atoms with Crippen molar-refractivity contribution < 1.29 is 9.32 Å². The smallest absolute Gasteiger partial charge is 0.293 e. The summed E-state index contributed by atoms with van der Waals surface area (Å²) in [5, 5.41) is 7.26. The fourth-order valence-corrected chi connectivity index (χ4v) is 2.64. The lowest BCUT2D eigenvalue weighted by Gasteiger charge is -2.35. The average Bonchev–Trinajstić information content (AvgIpc) is 3.04. The number of nitrogens with one attached hydrogen (secondary N) is 1. The molecule has 1 N–H and O–H groups in total. The number of aryl methyl sites for hydroxylation is 1. The van der Waals surface area contributed by atoms with Crippen molar-refractivity contribution in [3.8, 4) is 0 Å². The lowest BCUT2D eigenvalue weighted by molar-refractivity contribution is 0.0592. The van der Waals surface area contributed by atoms with Crippen LogP contribution in [0.2, 0.25) is 0 Å². The molecule has 0 saturated carbocycles. The summed E-state index contributed by atoms with van der Waals surface area (Å²) >= 11 is 0. The number of nitrogens with zero attached hydrogens (tertiary/aromatic N) is 2. The summed E-state index contributed by atoms with van der Waals surface area (Å²) in [6.07, 6.45) is 0.764. The first-order chi connectivity index (χ1) is 10.3. The van der Waals surface area contributed by atoms with Gasteiger partial charge in [-0.3, -0.25) is 4.79 Å². The number of hydrogen-bond acceptors (Lipinski definition) is 4. The number of hydrogen-bond donors (Lipinski definition) is 1. The summed E-state index contributed by atoms with van der Waals surface area (Å²) < 4.78 is 5.19.